The van der Waals surface area contributed by atoms with Crippen molar-refractivity contribution >= 4 is 54.2 Å². The lowest BCUT2D eigenvalue weighted by molar-refractivity contribution is -0.115. The maximum atomic E-state index is 13.2. The summed E-state index contributed by atoms with van der Waals surface area (Å²) in [6.45, 7) is 0. The highest BCUT2D eigenvalue weighted by Crippen LogP contribution is 2.37. The Hall–Kier alpha value is -2.68. The van der Waals surface area contributed by atoms with Crippen LogP contribution in [0.15, 0.2) is 88.7 Å². The van der Waals surface area contributed by atoms with Gasteiger partial charge in [0, 0.05) is 11.2 Å². The van der Waals surface area contributed by atoms with E-state index in [2.05, 4.69) is 10.3 Å². The number of thioether (sulfide) groups is 1. The fourth-order valence-corrected chi connectivity index (χ4v) is 5.57. The van der Waals surface area contributed by atoms with E-state index in [4.69, 9.17) is 0 Å². The molecule has 1 heterocycles. The molecule has 4 rings (SSSR count). The molecule has 1 aromatic heterocycles. The number of aromatic nitrogens is 1. The van der Waals surface area contributed by atoms with Crippen LogP contribution >= 0.6 is 23.1 Å². The van der Waals surface area contributed by atoms with Crippen LogP contribution in [0.1, 0.15) is 10.8 Å². The predicted octanol–water partition coefficient (Wildman–Crippen LogP) is 5.17. The minimum absolute atomic E-state index is 0.183. The number of amides is 1. The first-order valence-electron chi connectivity index (χ1n) is 9.08. The summed E-state index contributed by atoms with van der Waals surface area (Å²) in [5.74, 6) is -0.183. The standard InChI is InChI=1S/C22H18N2O3S3/c1-30(26,27)17-12-13-18-19(14-17)29-22(23-18)24-21(25)20(15-8-4-2-5-9-15)28-16-10-6-3-7-11-16/h2-14,20H,1H3,(H,23,24,25). The third kappa shape index (κ3) is 4.72. The Morgan fingerprint density at radius 1 is 1.00 bits per heavy atom. The molecular weight excluding hydrogens is 436 g/mol. The molecule has 1 atom stereocenters. The van der Waals surface area contributed by atoms with Gasteiger partial charge in [-0.2, -0.15) is 0 Å². The monoisotopic (exact) mass is 454 g/mol. The van der Waals surface area contributed by atoms with Gasteiger partial charge in [0.2, 0.25) is 5.91 Å². The lowest BCUT2D eigenvalue weighted by Crippen LogP contribution is -2.18. The zero-order chi connectivity index (χ0) is 21.1. The quantitative estimate of drug-likeness (QED) is 0.407. The van der Waals surface area contributed by atoms with E-state index in [1.54, 1.807) is 12.1 Å². The number of benzene rings is 3. The van der Waals surface area contributed by atoms with Crippen molar-refractivity contribution in [3.05, 3.63) is 84.4 Å². The number of fused-ring (bicyclic) bond motifs is 1. The second-order valence-corrected chi connectivity index (χ2v) is 10.9. The van der Waals surface area contributed by atoms with Crippen molar-refractivity contribution in [1.82, 2.24) is 4.98 Å². The second-order valence-electron chi connectivity index (χ2n) is 6.63. The molecule has 0 saturated carbocycles. The smallest absolute Gasteiger partial charge is 0.244 e. The maximum absolute atomic E-state index is 13.2. The Labute approximate surface area is 183 Å². The number of hydrogen-bond acceptors (Lipinski definition) is 6. The van der Waals surface area contributed by atoms with Crippen molar-refractivity contribution in [2.45, 2.75) is 15.0 Å². The van der Waals surface area contributed by atoms with Gasteiger partial charge in [0.15, 0.2) is 15.0 Å². The number of nitrogens with one attached hydrogen (secondary N) is 1. The normalized spacial score (nSPS) is 12.6. The van der Waals surface area contributed by atoms with E-state index in [0.29, 0.717) is 15.3 Å². The van der Waals surface area contributed by atoms with Gasteiger partial charge in [-0.15, -0.1) is 11.8 Å². The molecule has 0 aliphatic heterocycles. The molecule has 0 aliphatic rings. The van der Waals surface area contributed by atoms with Crippen molar-refractivity contribution in [1.29, 1.82) is 0 Å². The van der Waals surface area contributed by atoms with E-state index >= 15 is 0 Å². The highest BCUT2D eigenvalue weighted by Gasteiger charge is 2.23. The Balaban J connectivity index is 1.62. The van der Waals surface area contributed by atoms with E-state index < -0.39 is 15.1 Å². The molecule has 0 aliphatic carbocycles. The summed E-state index contributed by atoms with van der Waals surface area (Å²) in [6.07, 6.45) is 1.17. The molecule has 1 N–H and O–H groups in total. The Morgan fingerprint density at radius 3 is 2.33 bits per heavy atom. The molecule has 1 amide bonds. The molecule has 8 heteroatoms. The molecule has 3 aromatic carbocycles. The summed E-state index contributed by atoms with van der Waals surface area (Å²) >= 11 is 2.73. The van der Waals surface area contributed by atoms with Crippen LogP contribution in [-0.2, 0) is 14.6 Å². The molecule has 0 radical (unpaired) electrons. The average Bonchev–Trinajstić information content (AvgIpc) is 3.14. The van der Waals surface area contributed by atoms with Gasteiger partial charge < -0.3 is 5.32 Å². The van der Waals surface area contributed by atoms with Crippen LogP contribution in [-0.4, -0.2) is 25.6 Å². The number of thiazole rings is 1. The number of rotatable bonds is 6. The molecule has 152 valence electrons. The van der Waals surface area contributed by atoms with Gasteiger partial charge in [0.05, 0.1) is 15.1 Å². The Morgan fingerprint density at radius 2 is 1.67 bits per heavy atom. The Bertz CT molecular complexity index is 1290. The number of hydrogen-bond donors (Lipinski definition) is 1. The largest absolute Gasteiger partial charge is 0.301 e. The molecule has 0 saturated heterocycles. The van der Waals surface area contributed by atoms with E-state index in [9.17, 15) is 13.2 Å². The van der Waals surface area contributed by atoms with Crippen LogP contribution < -0.4 is 5.32 Å². The fourth-order valence-electron chi connectivity index (χ4n) is 2.90. The number of sulfone groups is 1. The molecule has 4 aromatic rings. The topological polar surface area (TPSA) is 76.1 Å². The summed E-state index contributed by atoms with van der Waals surface area (Å²) in [4.78, 5) is 18.8. The summed E-state index contributed by atoms with van der Waals surface area (Å²) < 4.78 is 24.3. The summed E-state index contributed by atoms with van der Waals surface area (Å²) in [5, 5.41) is 2.89. The molecular formula is C22H18N2O3S3. The number of carbonyl (C=O) groups is 1. The summed E-state index contributed by atoms with van der Waals surface area (Å²) in [5.41, 5.74) is 1.54. The molecule has 5 nitrogen and oxygen atoms in total. The van der Waals surface area contributed by atoms with Crippen molar-refractivity contribution in [2.24, 2.45) is 0 Å². The number of anilines is 1. The van der Waals surface area contributed by atoms with Gasteiger partial charge in [0.25, 0.3) is 0 Å². The van der Waals surface area contributed by atoms with Crippen LogP contribution in [0.2, 0.25) is 0 Å². The van der Waals surface area contributed by atoms with Gasteiger partial charge in [-0.3, -0.25) is 4.79 Å². The lowest BCUT2D eigenvalue weighted by atomic mass is 10.1. The first-order valence-corrected chi connectivity index (χ1v) is 12.7. The second kappa shape index (κ2) is 8.59. The molecule has 1 unspecified atom stereocenters. The number of carbonyl (C=O) groups excluding carboxylic acids is 1. The third-order valence-corrected chi connectivity index (χ3v) is 7.67. The van der Waals surface area contributed by atoms with Crippen LogP contribution in [0.3, 0.4) is 0 Å². The van der Waals surface area contributed by atoms with Crippen molar-refractivity contribution in [3.8, 4) is 0 Å². The summed E-state index contributed by atoms with van der Waals surface area (Å²) in [7, 11) is -3.30. The third-order valence-electron chi connectivity index (χ3n) is 4.36. The van der Waals surface area contributed by atoms with Crippen LogP contribution in [0.5, 0.6) is 0 Å². The van der Waals surface area contributed by atoms with E-state index in [1.165, 1.54) is 35.4 Å². The van der Waals surface area contributed by atoms with Crippen LogP contribution in [0.25, 0.3) is 10.2 Å². The van der Waals surface area contributed by atoms with Gasteiger partial charge in [-0.05, 0) is 35.9 Å². The lowest BCUT2D eigenvalue weighted by Gasteiger charge is -2.16. The fraction of sp³-hybridized carbons (Fsp3) is 0.0909. The molecule has 0 bridgehead atoms. The summed E-state index contributed by atoms with van der Waals surface area (Å²) in [6, 6.07) is 24.1. The average molecular weight is 455 g/mol. The highest BCUT2D eigenvalue weighted by molar-refractivity contribution is 8.00. The first kappa shape index (κ1) is 20.6. The minimum Gasteiger partial charge on any atom is -0.301 e. The zero-order valence-electron chi connectivity index (χ0n) is 16.0. The first-order chi connectivity index (χ1) is 14.4. The molecule has 0 fully saturated rings. The minimum atomic E-state index is -3.30. The van der Waals surface area contributed by atoms with E-state index in [0.717, 1.165) is 10.5 Å². The molecule has 0 spiro atoms. The van der Waals surface area contributed by atoms with Gasteiger partial charge in [0.1, 0.15) is 5.25 Å². The van der Waals surface area contributed by atoms with Gasteiger partial charge >= 0.3 is 0 Å². The van der Waals surface area contributed by atoms with E-state index in [1.807, 2.05) is 60.7 Å². The molecule has 30 heavy (non-hydrogen) atoms. The highest BCUT2D eigenvalue weighted by atomic mass is 32.2. The van der Waals surface area contributed by atoms with Crippen molar-refractivity contribution in [3.63, 3.8) is 0 Å². The SMILES string of the molecule is CS(=O)(=O)c1ccc2nc(NC(=O)C(Sc3ccccc3)c3ccccc3)sc2c1. The van der Waals surface area contributed by atoms with Crippen LogP contribution in [0, 0.1) is 0 Å². The van der Waals surface area contributed by atoms with Crippen molar-refractivity contribution in [2.75, 3.05) is 11.6 Å². The van der Waals surface area contributed by atoms with Gasteiger partial charge in [-0.25, -0.2) is 13.4 Å². The van der Waals surface area contributed by atoms with Crippen LogP contribution in [0.4, 0.5) is 5.13 Å². The Kier molecular flexibility index (Phi) is 5.90. The van der Waals surface area contributed by atoms with Crippen molar-refractivity contribution < 1.29 is 13.2 Å². The van der Waals surface area contributed by atoms with E-state index in [-0.39, 0.29) is 10.8 Å². The number of nitrogens with zero attached hydrogens (tertiary/aromatic N) is 1. The zero-order valence-corrected chi connectivity index (χ0v) is 18.4. The maximum Gasteiger partial charge on any atom is 0.244 e. The predicted molar refractivity (Wildman–Crippen MR) is 123 cm³/mol. The van der Waals surface area contributed by atoms with Gasteiger partial charge in [-0.1, -0.05) is 59.9 Å².